The molecule has 0 saturated heterocycles. The summed E-state index contributed by atoms with van der Waals surface area (Å²) in [4.78, 5) is 23.7. The fraction of sp³-hybridized carbons (Fsp3) is 0.300. The zero-order valence-corrected chi connectivity index (χ0v) is 15.6. The lowest BCUT2D eigenvalue weighted by Crippen LogP contribution is -2.22. The molecule has 0 aliphatic rings. The van der Waals surface area contributed by atoms with Gasteiger partial charge >= 0.3 is 6.18 Å². The number of carbonyl (C=O) groups is 2. The van der Waals surface area contributed by atoms with Gasteiger partial charge in [0, 0.05) is 23.5 Å². The number of halogens is 3. The minimum absolute atomic E-state index is 0.0730. The Balaban J connectivity index is 1.85. The first-order valence-corrected chi connectivity index (χ1v) is 8.74. The van der Waals surface area contributed by atoms with E-state index < -0.39 is 17.6 Å². The maximum absolute atomic E-state index is 12.7. The van der Waals surface area contributed by atoms with E-state index in [-0.39, 0.29) is 24.1 Å². The van der Waals surface area contributed by atoms with Gasteiger partial charge in [-0.3, -0.25) is 9.59 Å². The number of alkyl halides is 3. The highest BCUT2D eigenvalue weighted by molar-refractivity contribution is 5.94. The molecule has 5 nitrogen and oxygen atoms in total. The van der Waals surface area contributed by atoms with Crippen molar-refractivity contribution in [1.82, 2.24) is 0 Å². The van der Waals surface area contributed by atoms with Crippen molar-refractivity contribution in [2.24, 2.45) is 5.92 Å². The molecule has 2 amide bonds. The van der Waals surface area contributed by atoms with Crippen LogP contribution in [0.15, 0.2) is 48.5 Å². The summed E-state index contributed by atoms with van der Waals surface area (Å²) >= 11 is 0. The van der Waals surface area contributed by atoms with Crippen molar-refractivity contribution in [3.8, 4) is 0 Å². The predicted molar refractivity (Wildman–Crippen MR) is 103 cm³/mol. The standard InChI is InChI=1S/C20H22F3N3O2/c1-13(2)10-18(27)25-16-8-6-15(7-9-16)24-12-19(28)26-17-5-3-4-14(11-17)20(21,22)23/h3-9,11,13,24H,10,12H2,1-2H3,(H,25,27)(H,26,28). The van der Waals surface area contributed by atoms with Crippen molar-refractivity contribution in [2.45, 2.75) is 26.4 Å². The molecule has 3 N–H and O–H groups in total. The molecule has 0 fully saturated rings. The van der Waals surface area contributed by atoms with Gasteiger partial charge in [-0.15, -0.1) is 0 Å². The normalized spacial score (nSPS) is 11.2. The SMILES string of the molecule is CC(C)CC(=O)Nc1ccc(NCC(=O)Nc2cccc(C(F)(F)F)c2)cc1. The molecule has 2 aromatic rings. The molecule has 0 aliphatic carbocycles. The number of hydrogen-bond donors (Lipinski definition) is 3. The smallest absolute Gasteiger partial charge is 0.376 e. The van der Waals surface area contributed by atoms with Gasteiger partial charge in [-0.25, -0.2) is 0 Å². The Morgan fingerprint density at radius 3 is 2.11 bits per heavy atom. The van der Waals surface area contributed by atoms with Crippen LogP contribution >= 0.6 is 0 Å². The van der Waals surface area contributed by atoms with Crippen LogP contribution in [0.1, 0.15) is 25.8 Å². The summed E-state index contributed by atoms with van der Waals surface area (Å²) in [5.74, 6) is -0.291. The Morgan fingerprint density at radius 2 is 1.50 bits per heavy atom. The Morgan fingerprint density at radius 1 is 0.893 bits per heavy atom. The topological polar surface area (TPSA) is 70.2 Å². The molecular weight excluding hydrogens is 371 g/mol. The second kappa shape index (κ2) is 9.25. The van der Waals surface area contributed by atoms with Gasteiger partial charge in [0.25, 0.3) is 0 Å². The minimum atomic E-state index is -4.47. The van der Waals surface area contributed by atoms with Crippen LogP contribution < -0.4 is 16.0 Å². The highest BCUT2D eigenvalue weighted by atomic mass is 19.4. The van der Waals surface area contributed by atoms with E-state index in [1.807, 2.05) is 13.8 Å². The highest BCUT2D eigenvalue weighted by Gasteiger charge is 2.30. The Bertz CT molecular complexity index is 818. The van der Waals surface area contributed by atoms with E-state index in [0.717, 1.165) is 12.1 Å². The third-order valence-electron chi connectivity index (χ3n) is 3.69. The summed E-state index contributed by atoms with van der Waals surface area (Å²) in [5, 5.41) is 8.07. The van der Waals surface area contributed by atoms with E-state index in [0.29, 0.717) is 17.8 Å². The van der Waals surface area contributed by atoms with E-state index >= 15 is 0 Å². The molecule has 0 unspecified atom stereocenters. The number of benzene rings is 2. The Kier molecular flexibility index (Phi) is 7.03. The van der Waals surface area contributed by atoms with Crippen LogP contribution in [-0.4, -0.2) is 18.4 Å². The predicted octanol–water partition coefficient (Wildman–Crippen LogP) is 4.74. The molecule has 0 saturated carbocycles. The van der Waals surface area contributed by atoms with Gasteiger partial charge in [0.1, 0.15) is 0 Å². The summed E-state index contributed by atoms with van der Waals surface area (Å²) in [6, 6.07) is 11.2. The maximum Gasteiger partial charge on any atom is 0.416 e. The first-order chi connectivity index (χ1) is 13.1. The van der Waals surface area contributed by atoms with Gasteiger partial charge in [-0.2, -0.15) is 13.2 Å². The van der Waals surface area contributed by atoms with Crippen molar-refractivity contribution in [2.75, 3.05) is 22.5 Å². The summed E-state index contributed by atoms with van der Waals surface area (Å²) < 4.78 is 38.1. The Labute approximate surface area is 161 Å². The number of carbonyl (C=O) groups excluding carboxylic acids is 2. The van der Waals surface area contributed by atoms with Gasteiger partial charge in [0.15, 0.2) is 0 Å². The largest absolute Gasteiger partial charge is 0.416 e. The van der Waals surface area contributed by atoms with Gasteiger partial charge in [-0.05, 0) is 48.4 Å². The van der Waals surface area contributed by atoms with Gasteiger partial charge < -0.3 is 16.0 Å². The summed E-state index contributed by atoms with van der Waals surface area (Å²) in [6.45, 7) is 3.79. The summed E-state index contributed by atoms with van der Waals surface area (Å²) in [6.07, 6.45) is -4.04. The van der Waals surface area contributed by atoms with Crippen LogP contribution in [0.5, 0.6) is 0 Å². The van der Waals surface area contributed by atoms with Crippen molar-refractivity contribution >= 4 is 28.9 Å². The molecule has 0 aromatic heterocycles. The second-order valence-corrected chi connectivity index (χ2v) is 6.70. The third kappa shape index (κ3) is 6.94. The lowest BCUT2D eigenvalue weighted by atomic mass is 10.1. The van der Waals surface area contributed by atoms with Crippen LogP contribution in [-0.2, 0) is 15.8 Å². The fourth-order valence-corrected chi connectivity index (χ4v) is 2.42. The summed E-state index contributed by atoms with van der Waals surface area (Å²) in [5.41, 5.74) is 0.531. The second-order valence-electron chi connectivity index (χ2n) is 6.70. The monoisotopic (exact) mass is 393 g/mol. The van der Waals surface area contributed by atoms with Crippen molar-refractivity contribution in [1.29, 1.82) is 0 Å². The van der Waals surface area contributed by atoms with Gasteiger partial charge in [0.05, 0.1) is 12.1 Å². The van der Waals surface area contributed by atoms with Gasteiger partial charge in [-0.1, -0.05) is 19.9 Å². The van der Waals surface area contributed by atoms with Gasteiger partial charge in [0.2, 0.25) is 11.8 Å². The quantitative estimate of drug-likeness (QED) is 0.636. The average Bonchev–Trinajstić information content (AvgIpc) is 2.60. The first-order valence-electron chi connectivity index (χ1n) is 8.74. The molecule has 0 bridgehead atoms. The molecule has 2 aromatic carbocycles. The van der Waals surface area contributed by atoms with Crippen LogP contribution in [0.25, 0.3) is 0 Å². The van der Waals surface area contributed by atoms with E-state index in [1.165, 1.54) is 12.1 Å². The molecule has 2 rings (SSSR count). The van der Waals surface area contributed by atoms with Crippen molar-refractivity contribution in [3.63, 3.8) is 0 Å². The van der Waals surface area contributed by atoms with Crippen LogP contribution in [0, 0.1) is 5.92 Å². The average molecular weight is 393 g/mol. The third-order valence-corrected chi connectivity index (χ3v) is 3.69. The number of amides is 2. The molecule has 0 radical (unpaired) electrons. The molecule has 8 heteroatoms. The number of rotatable bonds is 7. The maximum atomic E-state index is 12.7. The van der Waals surface area contributed by atoms with Crippen LogP contribution in [0.4, 0.5) is 30.2 Å². The molecule has 28 heavy (non-hydrogen) atoms. The number of anilines is 3. The van der Waals surface area contributed by atoms with Crippen LogP contribution in [0.3, 0.4) is 0 Å². The lowest BCUT2D eigenvalue weighted by Gasteiger charge is -2.11. The molecule has 0 heterocycles. The molecule has 0 aliphatic heterocycles. The van der Waals surface area contributed by atoms with E-state index in [2.05, 4.69) is 16.0 Å². The number of hydrogen-bond acceptors (Lipinski definition) is 3. The van der Waals surface area contributed by atoms with Crippen molar-refractivity contribution in [3.05, 3.63) is 54.1 Å². The number of nitrogens with one attached hydrogen (secondary N) is 3. The fourth-order valence-electron chi connectivity index (χ4n) is 2.42. The van der Waals surface area contributed by atoms with Crippen molar-refractivity contribution < 1.29 is 22.8 Å². The first kappa shape index (κ1) is 21.3. The minimum Gasteiger partial charge on any atom is -0.376 e. The summed E-state index contributed by atoms with van der Waals surface area (Å²) in [7, 11) is 0. The lowest BCUT2D eigenvalue weighted by molar-refractivity contribution is -0.137. The zero-order chi connectivity index (χ0) is 20.7. The zero-order valence-electron chi connectivity index (χ0n) is 15.6. The highest BCUT2D eigenvalue weighted by Crippen LogP contribution is 2.30. The van der Waals surface area contributed by atoms with E-state index in [1.54, 1.807) is 24.3 Å². The molecule has 150 valence electrons. The van der Waals surface area contributed by atoms with E-state index in [4.69, 9.17) is 0 Å². The molecule has 0 spiro atoms. The molecule has 0 atom stereocenters. The van der Waals surface area contributed by atoms with E-state index in [9.17, 15) is 22.8 Å². The molecular formula is C20H22F3N3O2. The Hall–Kier alpha value is -3.03. The van der Waals surface area contributed by atoms with Crippen LogP contribution in [0.2, 0.25) is 0 Å².